The Morgan fingerprint density at radius 3 is 2.26 bits per heavy atom. The number of rotatable bonds is 9. The van der Waals surface area contributed by atoms with Gasteiger partial charge < -0.3 is 20.4 Å². The number of piperazine rings is 1. The van der Waals surface area contributed by atoms with E-state index in [-0.39, 0.29) is 12.4 Å². The average molecular weight is 489 g/mol. The van der Waals surface area contributed by atoms with E-state index in [1.54, 1.807) is 17.3 Å². The molecule has 1 saturated heterocycles. The van der Waals surface area contributed by atoms with E-state index in [0.717, 1.165) is 57.4 Å². The van der Waals surface area contributed by atoms with Crippen LogP contribution in [-0.4, -0.2) is 62.1 Å². The van der Waals surface area contributed by atoms with Gasteiger partial charge >= 0.3 is 0 Å². The van der Waals surface area contributed by atoms with Gasteiger partial charge in [-0.05, 0) is 71.8 Å². The normalized spacial score (nSPS) is 18.0. The lowest BCUT2D eigenvalue weighted by Crippen LogP contribution is -2.51. The van der Waals surface area contributed by atoms with Crippen LogP contribution in [0.25, 0.3) is 11.1 Å². The summed E-state index contributed by atoms with van der Waals surface area (Å²) in [6.07, 6.45) is 9.68. The van der Waals surface area contributed by atoms with E-state index in [4.69, 9.17) is 0 Å². The Balaban J connectivity index is 1.72. The van der Waals surface area contributed by atoms with Crippen molar-refractivity contribution in [1.29, 1.82) is 0 Å². The number of allylic oxidation sites excluding steroid dienone is 6. The molecule has 0 unspecified atom stereocenters. The van der Waals surface area contributed by atoms with Crippen LogP contribution in [0.5, 0.6) is 5.75 Å². The average Bonchev–Trinajstić information content (AvgIpc) is 2.88. The van der Waals surface area contributed by atoms with Crippen LogP contribution in [0.3, 0.4) is 0 Å². The summed E-state index contributed by atoms with van der Waals surface area (Å²) < 4.78 is 0. The minimum Gasteiger partial charge on any atom is -0.508 e. The Kier molecular flexibility index (Phi) is 8.79. The predicted octanol–water partition coefficient (Wildman–Crippen LogP) is 5.41. The Hall–Kier alpha value is -2.44. The van der Waals surface area contributed by atoms with Crippen LogP contribution in [0.2, 0.25) is 13.1 Å². The van der Waals surface area contributed by atoms with Crippen molar-refractivity contribution in [2.45, 2.75) is 38.8 Å². The van der Waals surface area contributed by atoms with E-state index < -0.39 is 8.07 Å². The summed E-state index contributed by atoms with van der Waals surface area (Å²) in [7, 11) is -1.52. The number of phenols is 1. The standard InChI is InChI=1S/C30H40N2O2Si/c1-35(2,23-32-20-18-31-19-21-32)28-16-12-26(13-17-28)30(25-10-14-27(34)15-11-25)29(9-6-22-33)24-7-4-3-5-8-24/h3-5,7-8,10-12,14-16,31,33-34H,6,9,13,17-23H2,1-2H3/b30-29-. The molecular formula is C30H40N2O2Si. The van der Waals surface area contributed by atoms with Crippen molar-refractivity contribution < 1.29 is 10.2 Å². The van der Waals surface area contributed by atoms with Crippen LogP contribution in [0.4, 0.5) is 0 Å². The number of hydrogen-bond donors (Lipinski definition) is 3. The molecule has 4 nitrogen and oxygen atoms in total. The van der Waals surface area contributed by atoms with Gasteiger partial charge in [-0.15, -0.1) is 0 Å². The molecule has 3 N–H and O–H groups in total. The van der Waals surface area contributed by atoms with E-state index in [0.29, 0.717) is 0 Å². The number of nitrogens with zero attached hydrogens (tertiary/aromatic N) is 1. The van der Waals surface area contributed by atoms with Gasteiger partial charge in [0.2, 0.25) is 0 Å². The molecule has 4 rings (SSSR count). The van der Waals surface area contributed by atoms with E-state index >= 15 is 0 Å². The highest BCUT2D eigenvalue weighted by atomic mass is 28.3. The number of aliphatic hydroxyl groups is 1. The Morgan fingerprint density at radius 2 is 1.63 bits per heavy atom. The molecule has 1 heterocycles. The quantitative estimate of drug-likeness (QED) is 0.326. The second-order valence-electron chi connectivity index (χ2n) is 10.4. The second-order valence-corrected chi connectivity index (χ2v) is 15.1. The molecule has 5 heteroatoms. The fourth-order valence-electron chi connectivity index (χ4n) is 5.43. The number of phenolic OH excluding ortho intramolecular Hbond substituents is 1. The molecule has 0 radical (unpaired) electrons. The van der Waals surface area contributed by atoms with Crippen LogP contribution in [0.1, 0.15) is 36.8 Å². The zero-order valence-corrected chi connectivity index (χ0v) is 22.3. The van der Waals surface area contributed by atoms with Crippen molar-refractivity contribution in [2.75, 3.05) is 39.0 Å². The zero-order valence-electron chi connectivity index (χ0n) is 21.3. The summed E-state index contributed by atoms with van der Waals surface area (Å²) in [5.41, 5.74) is 6.20. The van der Waals surface area contributed by atoms with Gasteiger partial charge in [-0.3, -0.25) is 0 Å². The fraction of sp³-hybridized carbons (Fsp3) is 0.400. The van der Waals surface area contributed by atoms with Gasteiger partial charge in [0.1, 0.15) is 5.75 Å². The smallest absolute Gasteiger partial charge is 0.115 e. The lowest BCUT2D eigenvalue weighted by atomic mass is 9.84. The molecule has 35 heavy (non-hydrogen) atoms. The molecule has 0 atom stereocenters. The molecule has 0 bridgehead atoms. The molecule has 1 aliphatic carbocycles. The van der Waals surface area contributed by atoms with Crippen molar-refractivity contribution in [1.82, 2.24) is 10.2 Å². The van der Waals surface area contributed by atoms with Crippen molar-refractivity contribution in [3.05, 3.63) is 88.6 Å². The van der Waals surface area contributed by atoms with Crippen LogP contribution in [0, 0.1) is 0 Å². The number of aliphatic hydroxyl groups excluding tert-OH is 1. The van der Waals surface area contributed by atoms with Gasteiger partial charge in [0.15, 0.2) is 0 Å². The topological polar surface area (TPSA) is 55.7 Å². The number of nitrogens with one attached hydrogen (secondary N) is 1. The molecule has 1 fully saturated rings. The molecular weight excluding hydrogens is 448 g/mol. The lowest BCUT2D eigenvalue weighted by molar-refractivity contribution is 0.273. The van der Waals surface area contributed by atoms with Gasteiger partial charge in [0.25, 0.3) is 0 Å². The third-order valence-electron chi connectivity index (χ3n) is 7.33. The van der Waals surface area contributed by atoms with Crippen molar-refractivity contribution >= 4 is 19.2 Å². The second kappa shape index (κ2) is 12.0. The molecule has 0 amide bonds. The first-order valence-electron chi connectivity index (χ1n) is 13.0. The third-order valence-corrected chi connectivity index (χ3v) is 10.7. The lowest BCUT2D eigenvalue weighted by Gasteiger charge is -2.36. The molecule has 0 aromatic heterocycles. The van der Waals surface area contributed by atoms with Gasteiger partial charge in [-0.25, -0.2) is 0 Å². The monoisotopic (exact) mass is 488 g/mol. The summed E-state index contributed by atoms with van der Waals surface area (Å²) in [6.45, 7) is 9.73. The molecule has 1 aliphatic heterocycles. The molecule has 2 aromatic carbocycles. The summed E-state index contributed by atoms with van der Waals surface area (Å²) >= 11 is 0. The maximum Gasteiger partial charge on any atom is 0.115 e. The molecule has 2 aliphatic rings. The highest BCUT2D eigenvalue weighted by molar-refractivity contribution is 6.84. The van der Waals surface area contributed by atoms with Gasteiger partial charge in [-0.1, -0.05) is 72.9 Å². The molecule has 186 valence electrons. The van der Waals surface area contributed by atoms with Crippen LogP contribution >= 0.6 is 0 Å². The minimum atomic E-state index is -1.52. The van der Waals surface area contributed by atoms with Crippen molar-refractivity contribution in [2.24, 2.45) is 0 Å². The number of aromatic hydroxyl groups is 1. The molecule has 2 aromatic rings. The zero-order chi connectivity index (χ0) is 24.7. The Morgan fingerprint density at radius 1 is 0.914 bits per heavy atom. The SMILES string of the molecule is C[Si](C)(CN1CCNCC1)C1=CC=C(/C(=C(/CCCO)c2ccccc2)c2ccc(O)cc2)CC1. The first kappa shape index (κ1) is 25.6. The Labute approximate surface area is 211 Å². The first-order valence-corrected chi connectivity index (χ1v) is 16.2. The molecule has 0 spiro atoms. The maximum atomic E-state index is 9.93. The van der Waals surface area contributed by atoms with Gasteiger partial charge in [0.05, 0.1) is 8.07 Å². The number of hydrogen-bond acceptors (Lipinski definition) is 4. The van der Waals surface area contributed by atoms with E-state index in [9.17, 15) is 10.2 Å². The number of benzene rings is 2. The van der Waals surface area contributed by atoms with Crippen LogP contribution in [-0.2, 0) is 0 Å². The van der Waals surface area contributed by atoms with Crippen molar-refractivity contribution in [3.8, 4) is 5.75 Å². The predicted molar refractivity (Wildman–Crippen MR) is 150 cm³/mol. The van der Waals surface area contributed by atoms with Crippen LogP contribution < -0.4 is 5.32 Å². The fourth-order valence-corrected chi connectivity index (χ4v) is 8.40. The summed E-state index contributed by atoms with van der Waals surface area (Å²) in [6, 6.07) is 18.2. The van der Waals surface area contributed by atoms with E-state index in [2.05, 4.69) is 59.7 Å². The summed E-state index contributed by atoms with van der Waals surface area (Å²) in [5, 5.41) is 24.7. The van der Waals surface area contributed by atoms with Crippen LogP contribution in [0.15, 0.2) is 77.5 Å². The largest absolute Gasteiger partial charge is 0.508 e. The van der Waals surface area contributed by atoms with Crippen molar-refractivity contribution in [3.63, 3.8) is 0 Å². The highest BCUT2D eigenvalue weighted by Crippen LogP contribution is 2.40. The highest BCUT2D eigenvalue weighted by Gasteiger charge is 2.30. The van der Waals surface area contributed by atoms with E-state index in [1.165, 1.54) is 28.5 Å². The maximum absolute atomic E-state index is 9.93. The van der Waals surface area contributed by atoms with E-state index in [1.807, 2.05) is 18.2 Å². The summed E-state index contributed by atoms with van der Waals surface area (Å²) in [4.78, 5) is 2.65. The summed E-state index contributed by atoms with van der Waals surface area (Å²) in [5.74, 6) is 0.283. The molecule has 0 saturated carbocycles. The third kappa shape index (κ3) is 6.61. The Bertz CT molecular complexity index is 1070. The van der Waals surface area contributed by atoms with Gasteiger partial charge in [0, 0.05) is 32.8 Å². The van der Waals surface area contributed by atoms with Gasteiger partial charge in [-0.2, -0.15) is 0 Å². The minimum absolute atomic E-state index is 0.175. The first-order chi connectivity index (χ1) is 17.0.